The van der Waals surface area contributed by atoms with Gasteiger partial charge >= 0.3 is 11.9 Å². The molecule has 5 N–H and O–H groups in total. The van der Waals surface area contributed by atoms with Crippen molar-refractivity contribution >= 4 is 11.9 Å². The summed E-state index contributed by atoms with van der Waals surface area (Å²) in [5, 5.41) is 62.1. The first-order valence-corrected chi connectivity index (χ1v) is 17.3. The molecule has 17 atom stereocenters. The molecule has 3 saturated heterocycles. The molecule has 7 rings (SSSR count). The van der Waals surface area contributed by atoms with Crippen LogP contribution in [0.1, 0.15) is 86.5 Å². The van der Waals surface area contributed by atoms with Crippen LogP contribution in [0, 0.1) is 46.8 Å². The average Bonchev–Trinajstić information content (AvgIpc) is 3.24. The highest BCUT2D eigenvalue weighted by molar-refractivity contribution is 5.72. The summed E-state index contributed by atoms with van der Waals surface area (Å²) in [7, 11) is 0. The van der Waals surface area contributed by atoms with Gasteiger partial charge in [-0.1, -0.05) is 27.7 Å². The second-order valence-corrected chi connectivity index (χ2v) is 16.6. The number of fused-ring (bicyclic) bond motifs is 5. The molecule has 0 radical (unpaired) electrons. The van der Waals surface area contributed by atoms with Crippen molar-refractivity contribution in [3.05, 3.63) is 0 Å². The van der Waals surface area contributed by atoms with Gasteiger partial charge in [-0.25, -0.2) is 0 Å². The Bertz CT molecular complexity index is 1250. The molecule has 3 heterocycles. The average molecular weight is 636 g/mol. The van der Waals surface area contributed by atoms with Crippen molar-refractivity contribution in [1.29, 1.82) is 0 Å². The van der Waals surface area contributed by atoms with Crippen LogP contribution in [0.25, 0.3) is 0 Å². The summed E-state index contributed by atoms with van der Waals surface area (Å²) in [4.78, 5) is 27.8. The maximum absolute atomic E-state index is 13.4. The monoisotopic (exact) mass is 635 g/mol. The molecule has 7 fully saturated rings. The van der Waals surface area contributed by atoms with E-state index in [4.69, 9.17) is 14.2 Å². The van der Waals surface area contributed by atoms with Crippen LogP contribution in [-0.2, 0) is 23.8 Å². The lowest BCUT2D eigenvalue weighted by molar-refractivity contribution is -0.299. The lowest BCUT2D eigenvalue weighted by Gasteiger charge is -2.64. The van der Waals surface area contributed by atoms with Gasteiger partial charge < -0.3 is 39.7 Å². The standard InChI is InChI=1S/C34H53NO10/c1-7-17(3)29(39)44-28-26(38)25-19(15-35-14-16(2)8-9-23(35)31(25,6)40)20-13-32-27(33(20,28)41)21(37)12-22-30(32,5)11-10-24(43-18(4)36)34(22,42)45-32/h16-17,19-28,37-38,40-42H,7-15H2,1-6H3/t16-,17?,19?,20?,21?,22?,23-,24-,25?,26+,27?,28-,30-,31?,32+,33-,34-/m0/s1. The van der Waals surface area contributed by atoms with Crippen molar-refractivity contribution in [1.82, 2.24) is 4.90 Å². The first kappa shape index (κ1) is 32.2. The van der Waals surface area contributed by atoms with E-state index < -0.39 is 99.9 Å². The summed E-state index contributed by atoms with van der Waals surface area (Å²) < 4.78 is 18.6. The highest BCUT2D eigenvalue weighted by Gasteiger charge is 2.87. The van der Waals surface area contributed by atoms with Gasteiger partial charge in [0.1, 0.15) is 5.60 Å². The van der Waals surface area contributed by atoms with Gasteiger partial charge in [0.25, 0.3) is 0 Å². The molecule has 8 unspecified atom stereocenters. The van der Waals surface area contributed by atoms with Crippen LogP contribution in [0.3, 0.4) is 0 Å². The minimum Gasteiger partial charge on any atom is -0.457 e. The maximum atomic E-state index is 13.4. The summed E-state index contributed by atoms with van der Waals surface area (Å²) in [5.74, 6) is -6.32. The topological polar surface area (TPSA) is 166 Å². The fourth-order valence-corrected chi connectivity index (χ4v) is 12.3. The third-order valence-electron chi connectivity index (χ3n) is 14.3. The summed E-state index contributed by atoms with van der Waals surface area (Å²) in [6, 6.07) is -0.191. The molecule has 1 spiro atoms. The van der Waals surface area contributed by atoms with Gasteiger partial charge in [0.15, 0.2) is 12.2 Å². The zero-order chi connectivity index (χ0) is 32.6. The molecule has 11 nitrogen and oxygen atoms in total. The number of hydrogen-bond donors (Lipinski definition) is 5. The van der Waals surface area contributed by atoms with Crippen molar-refractivity contribution in [2.45, 2.75) is 140 Å². The Morgan fingerprint density at radius 1 is 1.07 bits per heavy atom. The van der Waals surface area contributed by atoms with Crippen LogP contribution >= 0.6 is 0 Å². The van der Waals surface area contributed by atoms with E-state index in [2.05, 4.69) is 11.8 Å². The Kier molecular flexibility index (Phi) is 7.22. The van der Waals surface area contributed by atoms with E-state index in [0.29, 0.717) is 31.7 Å². The molecule has 45 heavy (non-hydrogen) atoms. The van der Waals surface area contributed by atoms with Crippen LogP contribution in [0.2, 0.25) is 0 Å². The van der Waals surface area contributed by atoms with Crippen molar-refractivity contribution in [3.8, 4) is 0 Å². The van der Waals surface area contributed by atoms with E-state index >= 15 is 0 Å². The lowest BCUT2D eigenvalue weighted by atomic mass is 9.49. The van der Waals surface area contributed by atoms with E-state index in [1.165, 1.54) is 6.92 Å². The molecule has 7 aliphatic rings. The number of carbonyl (C=O) groups is 2. The van der Waals surface area contributed by atoms with Gasteiger partial charge in [-0.2, -0.15) is 0 Å². The highest BCUT2D eigenvalue weighted by atomic mass is 16.7. The van der Waals surface area contributed by atoms with Gasteiger partial charge in [0, 0.05) is 49.2 Å². The second-order valence-electron chi connectivity index (χ2n) is 16.6. The fraction of sp³-hybridized carbons (Fsp3) is 0.941. The van der Waals surface area contributed by atoms with Crippen LogP contribution < -0.4 is 0 Å². The van der Waals surface area contributed by atoms with Crippen LogP contribution in [0.4, 0.5) is 0 Å². The Morgan fingerprint density at radius 3 is 2.44 bits per heavy atom. The molecule has 0 amide bonds. The molecule has 0 aromatic rings. The molecule has 4 saturated carbocycles. The van der Waals surface area contributed by atoms with E-state index in [1.54, 1.807) is 13.8 Å². The molecule has 0 aromatic heterocycles. The van der Waals surface area contributed by atoms with Gasteiger partial charge in [-0.3, -0.25) is 14.5 Å². The minimum atomic E-state index is -1.91. The van der Waals surface area contributed by atoms with Gasteiger partial charge in [0.05, 0.1) is 29.3 Å². The van der Waals surface area contributed by atoms with Gasteiger partial charge in [-0.05, 0) is 69.6 Å². The number of hydrogen-bond acceptors (Lipinski definition) is 11. The Balaban J connectivity index is 1.38. The number of nitrogens with zero attached hydrogens (tertiary/aromatic N) is 1. The Morgan fingerprint density at radius 2 is 1.78 bits per heavy atom. The zero-order valence-electron chi connectivity index (χ0n) is 27.5. The Labute approximate surface area is 265 Å². The van der Waals surface area contributed by atoms with Crippen LogP contribution in [0.15, 0.2) is 0 Å². The fourth-order valence-electron chi connectivity index (χ4n) is 12.3. The predicted molar refractivity (Wildman–Crippen MR) is 159 cm³/mol. The summed E-state index contributed by atoms with van der Waals surface area (Å²) >= 11 is 0. The SMILES string of the molecule is CCC(C)C(=O)O[C@H]1[C@H](O)C2C(CN3C[C@@H](C)CC[C@H]3C2(C)O)C2C[C@@]34O[C@@]5(O)C(CC(O)C3[C@@]21O)[C@]4(C)CC[C@@H]5OC(C)=O. The van der Waals surface area contributed by atoms with Crippen molar-refractivity contribution < 1.29 is 49.3 Å². The van der Waals surface area contributed by atoms with Crippen molar-refractivity contribution in [2.75, 3.05) is 13.1 Å². The van der Waals surface area contributed by atoms with E-state index in [9.17, 15) is 35.1 Å². The smallest absolute Gasteiger partial charge is 0.309 e. The summed E-state index contributed by atoms with van der Waals surface area (Å²) in [6.07, 6.45) is -1.45. The van der Waals surface area contributed by atoms with Gasteiger partial charge in [-0.15, -0.1) is 0 Å². The number of aliphatic hydroxyl groups is 5. The second kappa shape index (κ2) is 10.1. The van der Waals surface area contributed by atoms with E-state index in [0.717, 1.165) is 19.4 Å². The van der Waals surface area contributed by atoms with Gasteiger partial charge in [0.2, 0.25) is 5.79 Å². The number of ether oxygens (including phenoxy) is 3. The van der Waals surface area contributed by atoms with Crippen molar-refractivity contribution in [2.24, 2.45) is 46.8 Å². The van der Waals surface area contributed by atoms with Crippen LogP contribution in [-0.4, -0.2) is 109 Å². The maximum Gasteiger partial charge on any atom is 0.309 e. The third kappa shape index (κ3) is 3.95. The van der Waals surface area contributed by atoms with Crippen LogP contribution in [0.5, 0.6) is 0 Å². The molecule has 4 bridgehead atoms. The first-order valence-electron chi connectivity index (χ1n) is 17.3. The summed E-state index contributed by atoms with van der Waals surface area (Å²) in [6.45, 7) is 12.2. The predicted octanol–water partition coefficient (Wildman–Crippen LogP) is 1.35. The lowest BCUT2D eigenvalue weighted by Crippen LogP contribution is -2.77. The molecule has 11 heteroatoms. The van der Waals surface area contributed by atoms with E-state index in [-0.39, 0.29) is 18.9 Å². The normalized spacial score (nSPS) is 57.2. The molecular weight excluding hydrogens is 582 g/mol. The zero-order valence-corrected chi connectivity index (χ0v) is 27.5. The number of carbonyl (C=O) groups excluding carboxylic acids is 2. The summed E-state index contributed by atoms with van der Waals surface area (Å²) in [5.41, 5.74) is -5.22. The Hall–Kier alpha value is -1.34. The number of aliphatic hydroxyl groups excluding tert-OH is 2. The number of esters is 2. The number of rotatable bonds is 4. The highest BCUT2D eigenvalue weighted by Crippen LogP contribution is 2.77. The largest absolute Gasteiger partial charge is 0.457 e. The number of piperidine rings is 2. The van der Waals surface area contributed by atoms with Crippen molar-refractivity contribution in [3.63, 3.8) is 0 Å². The quantitative estimate of drug-likeness (QED) is 0.283. The third-order valence-corrected chi connectivity index (χ3v) is 14.3. The molecule has 0 aromatic carbocycles. The minimum absolute atomic E-state index is 0.0891. The molecule has 4 aliphatic carbocycles. The molecule has 3 aliphatic heterocycles. The first-order chi connectivity index (χ1) is 21.0. The van der Waals surface area contributed by atoms with E-state index in [1.807, 2.05) is 13.8 Å². The molecular formula is C34H53NO10. The molecule has 254 valence electrons.